The zero-order valence-electron chi connectivity index (χ0n) is 14.1. The van der Waals surface area contributed by atoms with Crippen LogP contribution in [0.3, 0.4) is 0 Å². The first-order valence-corrected chi connectivity index (χ1v) is 9.56. The molecule has 3 aliphatic rings. The van der Waals surface area contributed by atoms with Crippen LogP contribution < -0.4 is 0 Å². The van der Waals surface area contributed by atoms with Crippen molar-refractivity contribution in [2.45, 2.75) is 84.5 Å². The fraction of sp³-hybridized carbons (Fsp3) is 0.950. The van der Waals surface area contributed by atoms with Gasteiger partial charge in [-0.3, -0.25) is 0 Å². The minimum absolute atomic E-state index is 0.342. The van der Waals surface area contributed by atoms with Crippen LogP contribution in [0, 0.1) is 46.3 Å². The van der Waals surface area contributed by atoms with Crippen LogP contribution in [0.5, 0.6) is 0 Å². The molecule has 3 saturated carbocycles. The summed E-state index contributed by atoms with van der Waals surface area (Å²) in [4.78, 5) is 0. The van der Waals surface area contributed by atoms with Gasteiger partial charge in [-0.05, 0) is 61.2 Å². The first-order chi connectivity index (χ1) is 10.2. The molecule has 0 amide bonds. The Balaban J connectivity index is 1.81. The van der Waals surface area contributed by atoms with E-state index >= 15 is 0 Å². The maximum absolute atomic E-state index is 9.55. The van der Waals surface area contributed by atoms with Crippen LogP contribution in [0.2, 0.25) is 0 Å². The van der Waals surface area contributed by atoms with Gasteiger partial charge in [0, 0.05) is 0 Å². The molecule has 1 heteroatoms. The van der Waals surface area contributed by atoms with Crippen LogP contribution in [0.25, 0.3) is 0 Å². The van der Waals surface area contributed by atoms with Crippen LogP contribution in [0.4, 0.5) is 0 Å². The largest absolute Gasteiger partial charge is 0.198 e. The highest BCUT2D eigenvalue weighted by atomic mass is 14.6. The number of hydrogen-bond donors (Lipinski definition) is 0. The molecule has 21 heavy (non-hydrogen) atoms. The maximum atomic E-state index is 9.55. The summed E-state index contributed by atoms with van der Waals surface area (Å²) in [6, 6.07) is 2.66. The van der Waals surface area contributed by atoms with Gasteiger partial charge in [-0.25, -0.2) is 0 Å². The molecule has 3 rings (SSSR count). The molecule has 0 saturated heterocycles. The zero-order valence-corrected chi connectivity index (χ0v) is 14.1. The van der Waals surface area contributed by atoms with Crippen molar-refractivity contribution in [2.75, 3.05) is 0 Å². The van der Waals surface area contributed by atoms with Crippen molar-refractivity contribution in [2.24, 2.45) is 35.0 Å². The predicted molar refractivity (Wildman–Crippen MR) is 87.6 cm³/mol. The first kappa shape index (κ1) is 15.4. The fourth-order valence-electron chi connectivity index (χ4n) is 6.24. The minimum atomic E-state index is 0.342. The Kier molecular flexibility index (Phi) is 4.63. The minimum Gasteiger partial charge on any atom is -0.198 e. The van der Waals surface area contributed by atoms with Crippen LogP contribution in [0.1, 0.15) is 84.5 Å². The van der Waals surface area contributed by atoms with Gasteiger partial charge in [0.2, 0.25) is 0 Å². The highest BCUT2D eigenvalue weighted by Crippen LogP contribution is 2.61. The Bertz CT molecular complexity index is 395. The topological polar surface area (TPSA) is 23.8 Å². The van der Waals surface area contributed by atoms with Gasteiger partial charge in [-0.15, -0.1) is 0 Å². The van der Waals surface area contributed by atoms with E-state index in [2.05, 4.69) is 19.9 Å². The second-order valence-corrected chi connectivity index (χ2v) is 8.56. The fourth-order valence-corrected chi connectivity index (χ4v) is 6.24. The van der Waals surface area contributed by atoms with Crippen molar-refractivity contribution in [3.63, 3.8) is 0 Å². The summed E-state index contributed by atoms with van der Waals surface area (Å²) < 4.78 is 0. The molecule has 0 aromatic carbocycles. The van der Waals surface area contributed by atoms with E-state index in [1.807, 2.05) is 0 Å². The second-order valence-electron chi connectivity index (χ2n) is 8.56. The standard InChI is InChI=1S/C20H33N/c1-15-8-6-4-3-5-7-9-18-17(15)12-13-20(2)16(14-21)10-11-19(18)20/h15-19H,3-13H2,1-2H3. The average molecular weight is 287 g/mol. The first-order valence-electron chi connectivity index (χ1n) is 9.56. The third-order valence-corrected chi connectivity index (χ3v) is 7.58. The van der Waals surface area contributed by atoms with Gasteiger partial charge in [0.05, 0.1) is 12.0 Å². The zero-order chi connectivity index (χ0) is 14.9. The smallest absolute Gasteiger partial charge is 0.0661 e. The molecule has 0 bridgehead atoms. The number of rotatable bonds is 0. The highest BCUT2D eigenvalue weighted by molar-refractivity contribution is 5.08. The number of hydrogen-bond acceptors (Lipinski definition) is 1. The molecule has 0 heterocycles. The second kappa shape index (κ2) is 6.31. The van der Waals surface area contributed by atoms with Crippen molar-refractivity contribution in [3.8, 4) is 6.07 Å². The predicted octanol–water partition coefficient (Wildman–Crippen LogP) is 5.95. The lowest BCUT2D eigenvalue weighted by atomic mass is 9.55. The van der Waals surface area contributed by atoms with E-state index < -0.39 is 0 Å². The lowest BCUT2D eigenvalue weighted by Crippen LogP contribution is -2.43. The van der Waals surface area contributed by atoms with Crippen molar-refractivity contribution in [1.82, 2.24) is 0 Å². The molecule has 3 fully saturated rings. The Morgan fingerprint density at radius 1 is 0.857 bits per heavy atom. The monoisotopic (exact) mass is 287 g/mol. The number of fused-ring (bicyclic) bond motifs is 3. The molecule has 1 nitrogen and oxygen atoms in total. The molecule has 0 aromatic heterocycles. The van der Waals surface area contributed by atoms with Crippen molar-refractivity contribution >= 4 is 0 Å². The van der Waals surface area contributed by atoms with Gasteiger partial charge < -0.3 is 0 Å². The molecular formula is C20H33N. The van der Waals surface area contributed by atoms with Crippen molar-refractivity contribution in [3.05, 3.63) is 0 Å². The Morgan fingerprint density at radius 3 is 2.33 bits per heavy atom. The van der Waals surface area contributed by atoms with Gasteiger partial charge >= 0.3 is 0 Å². The van der Waals surface area contributed by atoms with Crippen LogP contribution in [-0.4, -0.2) is 0 Å². The van der Waals surface area contributed by atoms with Gasteiger partial charge in [-0.1, -0.05) is 52.4 Å². The summed E-state index contributed by atoms with van der Waals surface area (Å²) in [6.45, 7) is 4.98. The molecular weight excluding hydrogens is 254 g/mol. The normalized spacial score (nSPS) is 48.0. The van der Waals surface area contributed by atoms with E-state index in [-0.39, 0.29) is 0 Å². The van der Waals surface area contributed by atoms with Crippen molar-refractivity contribution < 1.29 is 0 Å². The highest BCUT2D eigenvalue weighted by Gasteiger charge is 2.54. The summed E-state index contributed by atoms with van der Waals surface area (Å²) in [7, 11) is 0. The summed E-state index contributed by atoms with van der Waals surface area (Å²) in [6.07, 6.45) is 15.4. The van der Waals surface area contributed by atoms with Crippen molar-refractivity contribution in [1.29, 1.82) is 5.26 Å². The Hall–Kier alpha value is -0.510. The summed E-state index contributed by atoms with van der Waals surface area (Å²) >= 11 is 0. The lowest BCUT2D eigenvalue weighted by molar-refractivity contribution is -0.00476. The Labute approximate surface area is 131 Å². The van der Waals surface area contributed by atoms with Gasteiger partial charge in [0.15, 0.2) is 0 Å². The SMILES string of the molecule is CC1CCCCCCCC2C1CCC1(C)C(C#N)CCC21. The number of nitrogens with zero attached hydrogens (tertiary/aromatic N) is 1. The van der Waals surface area contributed by atoms with Crippen LogP contribution in [-0.2, 0) is 0 Å². The third kappa shape index (κ3) is 2.76. The molecule has 0 spiro atoms. The quantitative estimate of drug-likeness (QED) is 0.540. The lowest BCUT2D eigenvalue weighted by Gasteiger charge is -2.50. The van der Waals surface area contributed by atoms with E-state index in [1.54, 1.807) is 0 Å². The molecule has 0 N–H and O–H groups in total. The molecule has 0 aromatic rings. The average Bonchev–Trinajstić information content (AvgIpc) is 2.82. The molecule has 0 radical (unpaired) electrons. The maximum Gasteiger partial charge on any atom is 0.0661 e. The number of nitriles is 1. The Morgan fingerprint density at radius 2 is 1.57 bits per heavy atom. The van der Waals surface area contributed by atoms with E-state index in [4.69, 9.17) is 0 Å². The molecule has 3 aliphatic carbocycles. The molecule has 6 unspecified atom stereocenters. The van der Waals surface area contributed by atoms with E-state index in [0.717, 1.165) is 23.7 Å². The summed E-state index contributed by atoms with van der Waals surface area (Å²) in [5.74, 6) is 3.99. The van der Waals surface area contributed by atoms with E-state index in [0.29, 0.717) is 11.3 Å². The molecule has 6 atom stereocenters. The van der Waals surface area contributed by atoms with Gasteiger partial charge in [-0.2, -0.15) is 5.26 Å². The third-order valence-electron chi connectivity index (χ3n) is 7.58. The van der Waals surface area contributed by atoms with E-state index in [9.17, 15) is 5.26 Å². The van der Waals surface area contributed by atoms with Crippen LogP contribution in [0.15, 0.2) is 0 Å². The van der Waals surface area contributed by atoms with Gasteiger partial charge in [0.25, 0.3) is 0 Å². The van der Waals surface area contributed by atoms with Crippen LogP contribution >= 0.6 is 0 Å². The van der Waals surface area contributed by atoms with E-state index in [1.165, 1.54) is 70.6 Å². The summed E-state index contributed by atoms with van der Waals surface area (Å²) in [5.41, 5.74) is 0.347. The summed E-state index contributed by atoms with van der Waals surface area (Å²) in [5, 5.41) is 9.55. The van der Waals surface area contributed by atoms with Gasteiger partial charge in [0.1, 0.15) is 0 Å². The molecule has 0 aliphatic heterocycles. The molecule has 118 valence electrons.